The maximum Gasteiger partial charge on any atom is 0.306 e. The fourth-order valence-corrected chi connectivity index (χ4v) is 6.45. The molecule has 0 aromatic rings. The lowest BCUT2D eigenvalue weighted by atomic mass is 10.1. The molecular weight excluding hydrogens is 709 g/mol. The molecule has 0 fully saturated rings. The SMILES string of the molecule is CCCCC\C=C/C=C\C=C/C=C\CCCCCCCC(=O)OCC(COC(=O)CCCCCCCCCCC)OC(=O)CCCCCCC/C=C\CCCCC. The zero-order valence-corrected chi connectivity index (χ0v) is 37.3. The first kappa shape index (κ1) is 54.1. The summed E-state index contributed by atoms with van der Waals surface area (Å²) in [4.78, 5) is 37.7. The lowest BCUT2D eigenvalue weighted by Gasteiger charge is -2.18. The second kappa shape index (κ2) is 45.8. The van der Waals surface area contributed by atoms with Gasteiger partial charge in [-0.1, -0.05) is 197 Å². The van der Waals surface area contributed by atoms with Gasteiger partial charge >= 0.3 is 17.9 Å². The van der Waals surface area contributed by atoms with Crippen molar-refractivity contribution in [3.05, 3.63) is 60.8 Å². The number of unbranched alkanes of at least 4 members (excludes halogenated alkanes) is 24. The van der Waals surface area contributed by atoms with E-state index in [0.29, 0.717) is 19.3 Å². The number of esters is 3. The fourth-order valence-electron chi connectivity index (χ4n) is 6.45. The number of carbonyl (C=O) groups is 3. The van der Waals surface area contributed by atoms with Crippen LogP contribution >= 0.6 is 0 Å². The van der Waals surface area contributed by atoms with E-state index in [9.17, 15) is 14.4 Å². The molecule has 57 heavy (non-hydrogen) atoms. The maximum absolute atomic E-state index is 12.7. The van der Waals surface area contributed by atoms with Gasteiger partial charge in [0.05, 0.1) is 0 Å². The highest BCUT2D eigenvalue weighted by molar-refractivity contribution is 5.71. The molecule has 0 aromatic heterocycles. The van der Waals surface area contributed by atoms with E-state index in [0.717, 1.165) is 96.3 Å². The second-order valence-corrected chi connectivity index (χ2v) is 15.8. The molecule has 0 rings (SSSR count). The number of carbonyl (C=O) groups excluding carboxylic acids is 3. The lowest BCUT2D eigenvalue weighted by Crippen LogP contribution is -2.30. The van der Waals surface area contributed by atoms with Crippen molar-refractivity contribution in [2.24, 2.45) is 0 Å². The van der Waals surface area contributed by atoms with E-state index in [1.165, 1.54) is 89.9 Å². The summed E-state index contributed by atoms with van der Waals surface area (Å²) < 4.78 is 16.7. The molecule has 0 spiro atoms. The van der Waals surface area contributed by atoms with Gasteiger partial charge in [-0.25, -0.2) is 0 Å². The van der Waals surface area contributed by atoms with Crippen molar-refractivity contribution in [3.8, 4) is 0 Å². The van der Waals surface area contributed by atoms with Gasteiger partial charge in [0.1, 0.15) is 13.2 Å². The molecule has 0 bridgehead atoms. The van der Waals surface area contributed by atoms with Crippen molar-refractivity contribution in [1.29, 1.82) is 0 Å². The summed E-state index contributed by atoms with van der Waals surface area (Å²) in [5.41, 5.74) is 0. The normalized spacial score (nSPS) is 12.5. The van der Waals surface area contributed by atoms with E-state index in [4.69, 9.17) is 14.2 Å². The molecular formula is C51H88O6. The van der Waals surface area contributed by atoms with Crippen LogP contribution in [0.15, 0.2) is 60.8 Å². The van der Waals surface area contributed by atoms with Gasteiger partial charge in [0, 0.05) is 19.3 Å². The van der Waals surface area contributed by atoms with Crippen molar-refractivity contribution in [2.75, 3.05) is 13.2 Å². The van der Waals surface area contributed by atoms with Crippen LogP contribution in [-0.4, -0.2) is 37.2 Å². The molecule has 0 heterocycles. The highest BCUT2D eigenvalue weighted by Gasteiger charge is 2.19. The minimum atomic E-state index is -0.784. The molecule has 6 heteroatoms. The van der Waals surface area contributed by atoms with Gasteiger partial charge in [-0.15, -0.1) is 0 Å². The first-order chi connectivity index (χ1) is 28.0. The molecule has 328 valence electrons. The Balaban J connectivity index is 4.39. The number of rotatable bonds is 42. The van der Waals surface area contributed by atoms with Gasteiger partial charge < -0.3 is 14.2 Å². The molecule has 0 amide bonds. The Bertz CT molecular complexity index is 1050. The van der Waals surface area contributed by atoms with Crippen LogP contribution in [0, 0.1) is 0 Å². The maximum atomic E-state index is 12.7. The Morgan fingerprint density at radius 2 is 0.649 bits per heavy atom. The Morgan fingerprint density at radius 1 is 0.351 bits per heavy atom. The van der Waals surface area contributed by atoms with Crippen molar-refractivity contribution in [2.45, 2.75) is 232 Å². The summed E-state index contributed by atoms with van der Waals surface area (Å²) >= 11 is 0. The smallest absolute Gasteiger partial charge is 0.306 e. The topological polar surface area (TPSA) is 78.9 Å². The molecule has 0 aliphatic carbocycles. The van der Waals surface area contributed by atoms with Crippen molar-refractivity contribution in [1.82, 2.24) is 0 Å². The van der Waals surface area contributed by atoms with Crippen LogP contribution in [0.4, 0.5) is 0 Å². The number of ether oxygens (including phenoxy) is 3. The van der Waals surface area contributed by atoms with E-state index in [1.54, 1.807) is 0 Å². The van der Waals surface area contributed by atoms with Gasteiger partial charge in [-0.2, -0.15) is 0 Å². The van der Waals surface area contributed by atoms with Crippen LogP contribution in [0.1, 0.15) is 226 Å². The molecule has 0 saturated carbocycles. The zero-order valence-electron chi connectivity index (χ0n) is 37.3. The summed E-state index contributed by atoms with van der Waals surface area (Å²) in [6.07, 6.45) is 54.8. The summed E-state index contributed by atoms with van der Waals surface area (Å²) in [5.74, 6) is -0.921. The van der Waals surface area contributed by atoms with E-state index in [2.05, 4.69) is 81.5 Å². The zero-order chi connectivity index (χ0) is 41.5. The first-order valence-corrected chi connectivity index (χ1v) is 23.8. The average molecular weight is 797 g/mol. The quantitative estimate of drug-likeness (QED) is 0.0201. The van der Waals surface area contributed by atoms with Crippen molar-refractivity contribution in [3.63, 3.8) is 0 Å². The van der Waals surface area contributed by atoms with E-state index >= 15 is 0 Å². The minimum absolute atomic E-state index is 0.0846. The molecule has 0 aromatic carbocycles. The summed E-state index contributed by atoms with van der Waals surface area (Å²) in [6, 6.07) is 0. The summed E-state index contributed by atoms with van der Waals surface area (Å²) in [5, 5.41) is 0. The highest BCUT2D eigenvalue weighted by atomic mass is 16.6. The highest BCUT2D eigenvalue weighted by Crippen LogP contribution is 2.13. The predicted molar refractivity (Wildman–Crippen MR) is 242 cm³/mol. The second-order valence-electron chi connectivity index (χ2n) is 15.8. The van der Waals surface area contributed by atoms with E-state index < -0.39 is 6.10 Å². The molecule has 0 N–H and O–H groups in total. The van der Waals surface area contributed by atoms with Crippen LogP contribution in [0.25, 0.3) is 0 Å². The Kier molecular flexibility index (Phi) is 43.5. The largest absolute Gasteiger partial charge is 0.462 e. The van der Waals surface area contributed by atoms with Gasteiger partial charge in [-0.3, -0.25) is 14.4 Å². The minimum Gasteiger partial charge on any atom is -0.462 e. The standard InChI is InChI=1S/C51H88O6/c1-4-7-10-13-16-19-21-23-24-25-26-27-28-30-32-35-38-41-44-50(53)56-47-48(46-55-49(52)43-40-37-34-31-18-15-12-9-6-3)57-51(54)45-42-39-36-33-29-22-20-17-14-11-8-5-2/h16-17,19-21,23-27,48H,4-15,18,22,28-47H2,1-3H3/b19-16-,20-17-,23-21-,25-24-,27-26-. The molecule has 1 atom stereocenters. The van der Waals surface area contributed by atoms with Gasteiger partial charge in [0.25, 0.3) is 0 Å². The van der Waals surface area contributed by atoms with Crippen molar-refractivity contribution < 1.29 is 28.6 Å². The van der Waals surface area contributed by atoms with E-state index in [-0.39, 0.29) is 31.1 Å². The lowest BCUT2D eigenvalue weighted by molar-refractivity contribution is -0.167. The number of hydrogen-bond acceptors (Lipinski definition) is 6. The molecule has 1 unspecified atom stereocenters. The van der Waals surface area contributed by atoms with Crippen LogP contribution in [0.2, 0.25) is 0 Å². The molecule has 0 saturated heterocycles. The van der Waals surface area contributed by atoms with Crippen molar-refractivity contribution >= 4 is 17.9 Å². The summed E-state index contributed by atoms with van der Waals surface area (Å²) in [7, 11) is 0. The predicted octanol–water partition coefficient (Wildman–Crippen LogP) is 15.3. The van der Waals surface area contributed by atoms with Crippen LogP contribution in [-0.2, 0) is 28.6 Å². The average Bonchev–Trinajstić information content (AvgIpc) is 3.21. The van der Waals surface area contributed by atoms with E-state index in [1.807, 2.05) is 0 Å². The monoisotopic (exact) mass is 797 g/mol. The van der Waals surface area contributed by atoms with Gasteiger partial charge in [0.2, 0.25) is 0 Å². The third kappa shape index (κ3) is 44.1. The number of allylic oxidation sites excluding steroid dienone is 10. The fraction of sp³-hybridized carbons (Fsp3) is 0.745. The molecule has 0 radical (unpaired) electrons. The van der Waals surface area contributed by atoms with Crippen LogP contribution < -0.4 is 0 Å². The molecule has 0 aliphatic rings. The Hall–Kier alpha value is -2.89. The first-order valence-electron chi connectivity index (χ1n) is 23.8. The molecule has 0 aliphatic heterocycles. The molecule has 6 nitrogen and oxygen atoms in total. The Labute approximate surface area is 351 Å². The van der Waals surface area contributed by atoms with Gasteiger partial charge in [0.15, 0.2) is 6.10 Å². The van der Waals surface area contributed by atoms with Crippen LogP contribution in [0.3, 0.4) is 0 Å². The third-order valence-electron chi connectivity index (χ3n) is 10.1. The Morgan fingerprint density at radius 3 is 1.07 bits per heavy atom. The van der Waals surface area contributed by atoms with Crippen LogP contribution in [0.5, 0.6) is 0 Å². The third-order valence-corrected chi connectivity index (χ3v) is 10.1. The number of hydrogen-bond donors (Lipinski definition) is 0. The van der Waals surface area contributed by atoms with Gasteiger partial charge in [-0.05, 0) is 70.6 Å². The summed E-state index contributed by atoms with van der Waals surface area (Å²) in [6.45, 7) is 6.52.